The first-order valence-electron chi connectivity index (χ1n) is 7.51. The van der Waals surface area contributed by atoms with Crippen molar-refractivity contribution in [2.75, 3.05) is 6.54 Å². The summed E-state index contributed by atoms with van der Waals surface area (Å²) in [5, 5.41) is 22.1. The maximum Gasteiger partial charge on any atom is 0.416 e. The van der Waals surface area contributed by atoms with Gasteiger partial charge in [-0.3, -0.25) is 0 Å². The highest BCUT2D eigenvalue weighted by atomic mass is 19.4. The number of alkyl halides is 3. The largest absolute Gasteiger partial charge is 0.444 e. The van der Waals surface area contributed by atoms with Crippen LogP contribution in [0.4, 0.5) is 22.4 Å². The molecule has 2 atom stereocenters. The molecular weight excluding hydrogens is 346 g/mol. The lowest BCUT2D eigenvalue weighted by Gasteiger charge is -2.23. The van der Waals surface area contributed by atoms with Crippen molar-refractivity contribution in [1.82, 2.24) is 5.32 Å². The van der Waals surface area contributed by atoms with E-state index in [0.717, 1.165) is 12.1 Å². The van der Waals surface area contributed by atoms with Crippen molar-refractivity contribution >= 4 is 6.09 Å². The molecule has 0 saturated carbocycles. The van der Waals surface area contributed by atoms with E-state index in [4.69, 9.17) is 4.74 Å². The first kappa shape index (κ1) is 21.2. The van der Waals surface area contributed by atoms with Gasteiger partial charge in [-0.15, -0.1) is 0 Å². The first-order chi connectivity index (χ1) is 11.3. The second kappa shape index (κ2) is 8.01. The number of alkyl carbamates (subject to hydrolysis) is 1. The third kappa shape index (κ3) is 6.87. The average molecular weight is 367 g/mol. The summed E-state index contributed by atoms with van der Waals surface area (Å²) >= 11 is 0. The minimum absolute atomic E-state index is 0.129. The highest BCUT2D eigenvalue weighted by Gasteiger charge is 2.36. The Morgan fingerprint density at radius 1 is 1.24 bits per heavy atom. The van der Waals surface area contributed by atoms with Crippen LogP contribution < -0.4 is 5.32 Å². The maximum atomic E-state index is 13.1. The molecule has 2 unspecified atom stereocenters. The third-order valence-corrected chi connectivity index (χ3v) is 3.11. The highest BCUT2D eigenvalue weighted by Crippen LogP contribution is 2.36. The Balaban J connectivity index is 2.71. The summed E-state index contributed by atoms with van der Waals surface area (Å²) < 4.78 is 56.8. The second-order valence-electron chi connectivity index (χ2n) is 6.46. The van der Waals surface area contributed by atoms with Crippen molar-refractivity contribution in [3.8, 4) is 0 Å². The van der Waals surface area contributed by atoms with Crippen molar-refractivity contribution in [1.29, 1.82) is 0 Å². The number of benzene rings is 1. The fourth-order valence-corrected chi connectivity index (χ4v) is 2.03. The van der Waals surface area contributed by atoms with Gasteiger partial charge in [0.25, 0.3) is 0 Å². The third-order valence-electron chi connectivity index (χ3n) is 3.11. The molecule has 5 nitrogen and oxygen atoms in total. The highest BCUT2D eigenvalue weighted by molar-refractivity contribution is 5.67. The van der Waals surface area contributed by atoms with Crippen molar-refractivity contribution < 1.29 is 37.3 Å². The summed E-state index contributed by atoms with van der Waals surface area (Å²) in [5.41, 5.74) is -2.73. The maximum absolute atomic E-state index is 13.1. The SMILES string of the molecule is CC(C)(C)OC(=O)NCCC(O)C(O)c1ccc(F)cc1C(F)(F)F. The number of aliphatic hydroxyl groups is 2. The average Bonchev–Trinajstić information content (AvgIpc) is 2.43. The van der Waals surface area contributed by atoms with E-state index in [-0.39, 0.29) is 19.0 Å². The van der Waals surface area contributed by atoms with E-state index in [2.05, 4.69) is 5.32 Å². The smallest absolute Gasteiger partial charge is 0.416 e. The summed E-state index contributed by atoms with van der Waals surface area (Å²) in [5.74, 6) is -1.11. The minimum Gasteiger partial charge on any atom is -0.444 e. The predicted molar refractivity (Wildman–Crippen MR) is 81.2 cm³/mol. The van der Waals surface area contributed by atoms with Crippen LogP contribution in [-0.2, 0) is 10.9 Å². The Kier molecular flexibility index (Phi) is 6.78. The molecule has 0 fully saturated rings. The number of hydrogen-bond acceptors (Lipinski definition) is 4. The van der Waals surface area contributed by atoms with E-state index in [1.807, 2.05) is 0 Å². The van der Waals surface area contributed by atoms with Crippen LogP contribution in [0, 0.1) is 5.82 Å². The zero-order chi connectivity index (χ0) is 19.4. The van der Waals surface area contributed by atoms with Crippen LogP contribution in [0.25, 0.3) is 0 Å². The topological polar surface area (TPSA) is 78.8 Å². The van der Waals surface area contributed by atoms with E-state index in [9.17, 15) is 32.6 Å². The molecule has 25 heavy (non-hydrogen) atoms. The van der Waals surface area contributed by atoms with E-state index in [1.165, 1.54) is 0 Å². The Morgan fingerprint density at radius 3 is 2.36 bits per heavy atom. The number of halogens is 4. The quantitative estimate of drug-likeness (QED) is 0.699. The molecule has 0 radical (unpaired) electrons. The number of carbonyl (C=O) groups is 1. The number of aliphatic hydroxyl groups excluding tert-OH is 2. The lowest BCUT2D eigenvalue weighted by atomic mass is 9.96. The summed E-state index contributed by atoms with van der Waals surface area (Å²) in [4.78, 5) is 11.4. The molecule has 1 aromatic rings. The summed E-state index contributed by atoms with van der Waals surface area (Å²) in [6, 6.07) is 1.79. The Bertz CT molecular complexity index is 599. The molecule has 0 saturated heterocycles. The zero-order valence-corrected chi connectivity index (χ0v) is 14.0. The predicted octanol–water partition coefficient (Wildman–Crippen LogP) is 3.15. The second-order valence-corrected chi connectivity index (χ2v) is 6.46. The number of nitrogens with one attached hydrogen (secondary N) is 1. The van der Waals surface area contributed by atoms with Gasteiger partial charge in [0.2, 0.25) is 0 Å². The van der Waals surface area contributed by atoms with Gasteiger partial charge in [0.05, 0.1) is 11.7 Å². The molecule has 1 rings (SSSR count). The lowest BCUT2D eigenvalue weighted by molar-refractivity contribution is -0.140. The summed E-state index contributed by atoms with van der Waals surface area (Å²) in [7, 11) is 0. The lowest BCUT2D eigenvalue weighted by Crippen LogP contribution is -2.34. The number of ether oxygens (including phenoxy) is 1. The van der Waals surface area contributed by atoms with Gasteiger partial charge < -0.3 is 20.3 Å². The van der Waals surface area contributed by atoms with Crippen LogP contribution in [0.2, 0.25) is 0 Å². The van der Waals surface area contributed by atoms with Gasteiger partial charge in [-0.2, -0.15) is 13.2 Å². The number of amides is 1. The van der Waals surface area contributed by atoms with Crippen molar-refractivity contribution in [2.24, 2.45) is 0 Å². The molecule has 0 aromatic heterocycles. The van der Waals surface area contributed by atoms with Crippen molar-refractivity contribution in [3.05, 3.63) is 35.1 Å². The van der Waals surface area contributed by atoms with Crippen LogP contribution in [0.1, 0.15) is 44.4 Å². The van der Waals surface area contributed by atoms with Crippen LogP contribution >= 0.6 is 0 Å². The van der Waals surface area contributed by atoms with Crippen molar-refractivity contribution in [2.45, 2.75) is 51.2 Å². The van der Waals surface area contributed by atoms with Crippen LogP contribution in [0.15, 0.2) is 18.2 Å². The Labute approximate surface area is 142 Å². The number of hydrogen-bond donors (Lipinski definition) is 3. The fraction of sp³-hybridized carbons (Fsp3) is 0.562. The number of carbonyl (C=O) groups excluding carboxylic acids is 1. The van der Waals surface area contributed by atoms with Crippen LogP contribution in [-0.4, -0.2) is 34.6 Å². The Hall–Kier alpha value is -1.87. The molecular formula is C16H21F4NO4. The van der Waals surface area contributed by atoms with Gasteiger partial charge >= 0.3 is 12.3 Å². The van der Waals surface area contributed by atoms with Gasteiger partial charge in [-0.1, -0.05) is 6.07 Å². The molecule has 0 aliphatic carbocycles. The van der Waals surface area contributed by atoms with Gasteiger partial charge in [-0.25, -0.2) is 9.18 Å². The normalized spacial score (nSPS) is 14.8. The first-order valence-corrected chi connectivity index (χ1v) is 7.51. The standard InChI is InChI=1S/C16H21F4NO4/c1-15(2,3)25-14(24)21-7-6-12(22)13(23)10-5-4-9(17)8-11(10)16(18,19)20/h4-5,8,12-13,22-23H,6-7H2,1-3H3,(H,21,24). The summed E-state index contributed by atoms with van der Waals surface area (Å²) in [6.07, 6.45) is -9.35. The molecule has 1 aromatic carbocycles. The molecule has 0 spiro atoms. The van der Waals surface area contributed by atoms with Crippen LogP contribution in [0.3, 0.4) is 0 Å². The van der Waals surface area contributed by atoms with E-state index in [0.29, 0.717) is 0 Å². The van der Waals surface area contributed by atoms with Gasteiger partial charge in [0.1, 0.15) is 17.5 Å². The summed E-state index contributed by atoms with van der Waals surface area (Å²) in [6.45, 7) is 4.82. The van der Waals surface area contributed by atoms with Crippen molar-refractivity contribution in [3.63, 3.8) is 0 Å². The van der Waals surface area contributed by atoms with Gasteiger partial charge in [0.15, 0.2) is 0 Å². The monoisotopic (exact) mass is 367 g/mol. The molecule has 3 N–H and O–H groups in total. The van der Waals surface area contributed by atoms with Gasteiger partial charge in [-0.05, 0) is 44.9 Å². The molecule has 1 amide bonds. The van der Waals surface area contributed by atoms with E-state index >= 15 is 0 Å². The van der Waals surface area contributed by atoms with Gasteiger partial charge in [0, 0.05) is 6.54 Å². The minimum atomic E-state index is -4.88. The zero-order valence-electron chi connectivity index (χ0n) is 14.0. The molecule has 0 heterocycles. The van der Waals surface area contributed by atoms with Crippen LogP contribution in [0.5, 0.6) is 0 Å². The fourth-order valence-electron chi connectivity index (χ4n) is 2.03. The molecule has 0 aliphatic rings. The Morgan fingerprint density at radius 2 is 1.84 bits per heavy atom. The van der Waals surface area contributed by atoms with E-state index in [1.54, 1.807) is 20.8 Å². The molecule has 142 valence electrons. The molecule has 9 heteroatoms. The number of rotatable bonds is 5. The molecule has 0 bridgehead atoms. The van der Waals surface area contributed by atoms with E-state index < -0.39 is 47.0 Å². The molecule has 0 aliphatic heterocycles.